The van der Waals surface area contributed by atoms with E-state index in [1.165, 1.54) is 12.8 Å². The highest BCUT2D eigenvalue weighted by Gasteiger charge is 2.21. The molecular formula is C32H66N4O4. The van der Waals surface area contributed by atoms with E-state index < -0.39 is 0 Å². The molecule has 0 amide bonds. The van der Waals surface area contributed by atoms with Crippen molar-refractivity contribution in [3.63, 3.8) is 0 Å². The first-order valence-electron chi connectivity index (χ1n) is 16.6. The van der Waals surface area contributed by atoms with Crippen molar-refractivity contribution < 1.29 is 18.9 Å². The summed E-state index contributed by atoms with van der Waals surface area (Å²) in [5.74, 6) is 2.78. The molecule has 4 atom stereocenters. The van der Waals surface area contributed by atoms with E-state index in [0.29, 0.717) is 29.8 Å². The summed E-state index contributed by atoms with van der Waals surface area (Å²) in [4.78, 5) is 4.98. The lowest BCUT2D eigenvalue weighted by Crippen LogP contribution is -2.48. The number of morpholine rings is 2. The fourth-order valence-corrected chi connectivity index (χ4v) is 5.25. The summed E-state index contributed by atoms with van der Waals surface area (Å²) < 4.78 is 23.7. The Balaban J connectivity index is 1.42. The van der Waals surface area contributed by atoms with Crippen LogP contribution in [0.4, 0.5) is 0 Å². The van der Waals surface area contributed by atoms with Gasteiger partial charge in [0, 0.05) is 65.6 Å². The second-order valence-electron chi connectivity index (χ2n) is 13.3. The first-order valence-corrected chi connectivity index (χ1v) is 16.6. The number of hydrogen-bond acceptors (Lipinski definition) is 8. The second-order valence-corrected chi connectivity index (χ2v) is 13.3. The lowest BCUT2D eigenvalue weighted by Gasteiger charge is -2.33. The second kappa shape index (κ2) is 22.3. The lowest BCUT2D eigenvalue weighted by molar-refractivity contribution is -0.0356. The topological polar surface area (TPSA) is 67.5 Å². The molecule has 40 heavy (non-hydrogen) atoms. The summed E-state index contributed by atoms with van der Waals surface area (Å²) in [5, 5.41) is 7.20. The lowest BCUT2D eigenvalue weighted by atomic mass is 9.96. The van der Waals surface area contributed by atoms with Gasteiger partial charge in [-0.15, -0.1) is 0 Å². The molecule has 0 aliphatic carbocycles. The number of nitrogens with one attached hydrogen (secondary N) is 2. The number of ether oxygens (including phenoxy) is 4. The van der Waals surface area contributed by atoms with Gasteiger partial charge in [0.1, 0.15) is 0 Å². The highest BCUT2D eigenvalue weighted by atomic mass is 16.5. The predicted molar refractivity (Wildman–Crippen MR) is 166 cm³/mol. The summed E-state index contributed by atoms with van der Waals surface area (Å²) in [6.45, 7) is 28.9. The summed E-state index contributed by atoms with van der Waals surface area (Å²) in [7, 11) is 0. The summed E-state index contributed by atoms with van der Waals surface area (Å²) in [6, 6.07) is 0. The molecule has 2 aliphatic heterocycles. The Bertz CT molecular complexity index is 597. The van der Waals surface area contributed by atoms with Gasteiger partial charge in [-0.25, -0.2) is 0 Å². The molecule has 0 aromatic carbocycles. The number of rotatable bonds is 23. The van der Waals surface area contributed by atoms with E-state index in [0.717, 1.165) is 118 Å². The molecule has 2 unspecified atom stereocenters. The highest BCUT2D eigenvalue weighted by Crippen LogP contribution is 2.15. The highest BCUT2D eigenvalue weighted by molar-refractivity contribution is 4.75. The van der Waals surface area contributed by atoms with E-state index >= 15 is 0 Å². The van der Waals surface area contributed by atoms with Gasteiger partial charge in [0.05, 0.1) is 38.6 Å². The Kier molecular flexibility index (Phi) is 20.0. The molecule has 0 spiro atoms. The minimum atomic E-state index is 0.289. The van der Waals surface area contributed by atoms with Crippen LogP contribution in [0, 0.1) is 23.7 Å². The molecule has 238 valence electrons. The first kappa shape index (κ1) is 35.9. The standard InChI is InChI=1S/C32H66N4O4/c1-27(2)9-15-37-17-11-35-14-20-40-32(26-35)24-34-22-30(6)8-7-29(5)10-16-38-18-12-36-13-19-39-31(25-36)23-33-21-28(3)4/h27-34H,7-26H2,1-6H3/t29?,30?,31-,32+/m1/s1. The quantitative estimate of drug-likeness (QED) is 0.180. The van der Waals surface area contributed by atoms with E-state index in [1.807, 2.05) is 0 Å². The number of hydrogen-bond donors (Lipinski definition) is 2. The monoisotopic (exact) mass is 571 g/mol. The van der Waals surface area contributed by atoms with Crippen molar-refractivity contribution in [3.05, 3.63) is 0 Å². The van der Waals surface area contributed by atoms with Crippen LogP contribution in [-0.2, 0) is 18.9 Å². The third kappa shape index (κ3) is 18.3. The smallest absolute Gasteiger partial charge is 0.0826 e. The Morgan fingerprint density at radius 3 is 1.70 bits per heavy atom. The van der Waals surface area contributed by atoms with Gasteiger partial charge in [0.2, 0.25) is 0 Å². The molecule has 2 aliphatic rings. The summed E-state index contributed by atoms with van der Waals surface area (Å²) >= 11 is 0. The molecule has 2 saturated heterocycles. The predicted octanol–water partition coefficient (Wildman–Crippen LogP) is 3.75. The van der Waals surface area contributed by atoms with Crippen molar-refractivity contribution in [1.29, 1.82) is 0 Å². The van der Waals surface area contributed by atoms with Crippen LogP contribution in [0.1, 0.15) is 67.2 Å². The van der Waals surface area contributed by atoms with Gasteiger partial charge in [-0.2, -0.15) is 0 Å². The van der Waals surface area contributed by atoms with E-state index in [9.17, 15) is 0 Å². The van der Waals surface area contributed by atoms with Crippen LogP contribution >= 0.6 is 0 Å². The fourth-order valence-electron chi connectivity index (χ4n) is 5.25. The van der Waals surface area contributed by atoms with Crippen molar-refractivity contribution in [2.75, 3.05) is 105 Å². The van der Waals surface area contributed by atoms with Crippen molar-refractivity contribution in [2.45, 2.75) is 79.4 Å². The van der Waals surface area contributed by atoms with Crippen LogP contribution in [0.3, 0.4) is 0 Å². The minimum absolute atomic E-state index is 0.289. The molecule has 0 aromatic rings. The Morgan fingerprint density at radius 1 is 0.625 bits per heavy atom. The minimum Gasteiger partial charge on any atom is -0.380 e. The van der Waals surface area contributed by atoms with Crippen LogP contribution in [0.15, 0.2) is 0 Å². The SMILES string of the molecule is CC(C)CCOCCN1CCO[C@@H](CNCC(C)CCC(C)CCOCCN2CCO[C@H](CNCC(C)C)C2)C1. The van der Waals surface area contributed by atoms with E-state index in [1.54, 1.807) is 0 Å². The third-order valence-electron chi connectivity index (χ3n) is 8.09. The molecule has 8 nitrogen and oxygen atoms in total. The zero-order valence-corrected chi connectivity index (χ0v) is 27.1. The third-order valence-corrected chi connectivity index (χ3v) is 8.09. The fraction of sp³-hybridized carbons (Fsp3) is 1.00. The van der Waals surface area contributed by atoms with Gasteiger partial charge in [0.25, 0.3) is 0 Å². The average Bonchev–Trinajstić information content (AvgIpc) is 2.92. The first-order chi connectivity index (χ1) is 19.3. The Morgan fingerprint density at radius 2 is 1.15 bits per heavy atom. The van der Waals surface area contributed by atoms with Gasteiger partial charge >= 0.3 is 0 Å². The van der Waals surface area contributed by atoms with Crippen molar-refractivity contribution in [1.82, 2.24) is 20.4 Å². The summed E-state index contributed by atoms with van der Waals surface area (Å²) in [6.07, 6.45) is 5.42. The Labute approximate surface area is 247 Å². The maximum absolute atomic E-state index is 6.01. The van der Waals surface area contributed by atoms with Gasteiger partial charge in [-0.3, -0.25) is 9.80 Å². The van der Waals surface area contributed by atoms with Crippen LogP contribution < -0.4 is 10.6 Å². The van der Waals surface area contributed by atoms with Gasteiger partial charge in [-0.05, 0) is 56.0 Å². The maximum atomic E-state index is 6.01. The largest absolute Gasteiger partial charge is 0.380 e. The molecule has 0 saturated carbocycles. The van der Waals surface area contributed by atoms with Crippen LogP contribution in [0.5, 0.6) is 0 Å². The summed E-state index contributed by atoms with van der Waals surface area (Å²) in [5.41, 5.74) is 0. The number of nitrogens with zero attached hydrogens (tertiary/aromatic N) is 2. The van der Waals surface area contributed by atoms with Gasteiger partial charge in [-0.1, -0.05) is 48.0 Å². The van der Waals surface area contributed by atoms with E-state index in [4.69, 9.17) is 18.9 Å². The van der Waals surface area contributed by atoms with Crippen LogP contribution in [0.2, 0.25) is 0 Å². The maximum Gasteiger partial charge on any atom is 0.0826 e. The van der Waals surface area contributed by atoms with E-state index in [2.05, 4.69) is 62.0 Å². The van der Waals surface area contributed by atoms with Crippen LogP contribution in [-0.4, -0.2) is 127 Å². The molecular weight excluding hydrogens is 504 g/mol. The zero-order chi connectivity index (χ0) is 29.0. The van der Waals surface area contributed by atoms with E-state index in [-0.39, 0.29) is 6.10 Å². The zero-order valence-electron chi connectivity index (χ0n) is 27.1. The normalized spacial score (nSPS) is 22.8. The molecule has 2 heterocycles. The van der Waals surface area contributed by atoms with Crippen molar-refractivity contribution in [2.24, 2.45) is 23.7 Å². The molecule has 0 aromatic heterocycles. The Hall–Kier alpha value is -0.320. The molecule has 0 bridgehead atoms. The average molecular weight is 571 g/mol. The van der Waals surface area contributed by atoms with Crippen molar-refractivity contribution in [3.8, 4) is 0 Å². The molecule has 8 heteroatoms. The van der Waals surface area contributed by atoms with Gasteiger partial charge in [0.15, 0.2) is 0 Å². The molecule has 2 fully saturated rings. The molecule has 2 rings (SSSR count). The van der Waals surface area contributed by atoms with Crippen LogP contribution in [0.25, 0.3) is 0 Å². The van der Waals surface area contributed by atoms with Crippen molar-refractivity contribution >= 4 is 0 Å². The molecule has 2 N–H and O–H groups in total. The van der Waals surface area contributed by atoms with Gasteiger partial charge < -0.3 is 29.6 Å². The molecule has 0 radical (unpaired) electrons.